The fourth-order valence-electron chi connectivity index (χ4n) is 1.88. The van der Waals surface area contributed by atoms with E-state index in [9.17, 15) is 13.2 Å². The summed E-state index contributed by atoms with van der Waals surface area (Å²) in [4.78, 5) is 12.4. The summed E-state index contributed by atoms with van der Waals surface area (Å²) in [6, 6.07) is 11.8. The average molecular weight is 368 g/mol. The second kappa shape index (κ2) is 5.99. The Kier molecular flexibility index (Phi) is 4.49. The van der Waals surface area contributed by atoms with Gasteiger partial charge in [0.25, 0.3) is 0 Å². The molecule has 21 heavy (non-hydrogen) atoms. The molecule has 0 saturated carbocycles. The van der Waals surface area contributed by atoms with E-state index < -0.39 is 10.0 Å². The number of halogens is 1. The Bertz CT molecular complexity index is 783. The first-order chi connectivity index (χ1) is 9.78. The van der Waals surface area contributed by atoms with Crippen LogP contribution in [-0.2, 0) is 10.0 Å². The Labute approximate surface area is 132 Å². The van der Waals surface area contributed by atoms with Gasteiger partial charge >= 0.3 is 0 Å². The molecule has 2 aromatic rings. The number of rotatable bonds is 4. The first-order valence-electron chi connectivity index (χ1n) is 6.15. The molecule has 2 aromatic carbocycles. The number of sulfonamides is 1. The molecule has 0 aliphatic rings. The summed E-state index contributed by atoms with van der Waals surface area (Å²) in [5.74, 6) is -0.114. The van der Waals surface area contributed by atoms with Crippen molar-refractivity contribution in [3.05, 3.63) is 63.6 Å². The van der Waals surface area contributed by atoms with Crippen molar-refractivity contribution in [2.75, 3.05) is 11.0 Å². The highest BCUT2D eigenvalue weighted by atomic mass is 79.9. The zero-order valence-corrected chi connectivity index (χ0v) is 14.0. The number of nitrogens with one attached hydrogen (secondary N) is 1. The molecular weight excluding hydrogens is 354 g/mol. The average Bonchev–Trinajstić information content (AvgIpc) is 2.40. The minimum atomic E-state index is -3.32. The summed E-state index contributed by atoms with van der Waals surface area (Å²) in [7, 11) is -3.32. The molecule has 0 spiro atoms. The number of carbonyl (C=O) groups is 1. The lowest BCUT2D eigenvalue weighted by Crippen LogP contribution is -2.10. The molecule has 0 heterocycles. The van der Waals surface area contributed by atoms with E-state index in [2.05, 4.69) is 20.7 Å². The summed E-state index contributed by atoms with van der Waals surface area (Å²) in [5, 5.41) is 0. The van der Waals surface area contributed by atoms with E-state index in [0.717, 1.165) is 16.3 Å². The molecule has 0 aromatic heterocycles. The molecule has 0 fully saturated rings. The van der Waals surface area contributed by atoms with Crippen LogP contribution in [0, 0.1) is 6.92 Å². The van der Waals surface area contributed by atoms with Crippen molar-refractivity contribution in [2.24, 2.45) is 0 Å². The zero-order chi connectivity index (χ0) is 15.6. The highest BCUT2D eigenvalue weighted by molar-refractivity contribution is 9.10. The second-order valence-electron chi connectivity index (χ2n) is 4.72. The van der Waals surface area contributed by atoms with E-state index in [1.807, 2.05) is 19.1 Å². The lowest BCUT2D eigenvalue weighted by atomic mass is 10.0. The fraction of sp³-hybridized carbons (Fsp3) is 0.133. The lowest BCUT2D eigenvalue weighted by Gasteiger charge is -2.08. The Morgan fingerprint density at radius 3 is 2.29 bits per heavy atom. The number of anilines is 1. The maximum atomic E-state index is 12.4. The van der Waals surface area contributed by atoms with Gasteiger partial charge in [-0.15, -0.1) is 0 Å². The van der Waals surface area contributed by atoms with Crippen LogP contribution in [0.5, 0.6) is 0 Å². The van der Waals surface area contributed by atoms with Crippen LogP contribution in [0.2, 0.25) is 0 Å². The molecule has 0 bridgehead atoms. The first kappa shape index (κ1) is 15.7. The van der Waals surface area contributed by atoms with Gasteiger partial charge in [0.1, 0.15) is 0 Å². The van der Waals surface area contributed by atoms with Crippen molar-refractivity contribution in [2.45, 2.75) is 6.92 Å². The van der Waals surface area contributed by atoms with Crippen molar-refractivity contribution in [3.63, 3.8) is 0 Å². The van der Waals surface area contributed by atoms with Crippen LogP contribution in [0.25, 0.3) is 0 Å². The van der Waals surface area contributed by atoms with E-state index >= 15 is 0 Å². The summed E-state index contributed by atoms with van der Waals surface area (Å²) < 4.78 is 25.4. The number of aryl methyl sites for hydroxylation is 1. The van der Waals surface area contributed by atoms with Gasteiger partial charge in [-0.3, -0.25) is 9.52 Å². The molecular formula is C15H14BrNO3S. The number of hydrogen-bond donors (Lipinski definition) is 1. The van der Waals surface area contributed by atoms with Gasteiger partial charge in [0.05, 0.1) is 6.26 Å². The third kappa shape index (κ3) is 3.92. The Morgan fingerprint density at radius 1 is 1.10 bits per heavy atom. The monoisotopic (exact) mass is 367 g/mol. The first-order valence-corrected chi connectivity index (χ1v) is 8.84. The molecule has 2 rings (SSSR count). The van der Waals surface area contributed by atoms with Gasteiger partial charge in [-0.1, -0.05) is 12.1 Å². The van der Waals surface area contributed by atoms with Crippen LogP contribution in [-0.4, -0.2) is 20.5 Å². The van der Waals surface area contributed by atoms with Gasteiger partial charge in [0, 0.05) is 21.3 Å². The van der Waals surface area contributed by atoms with Crippen molar-refractivity contribution >= 4 is 37.4 Å². The smallest absolute Gasteiger partial charge is 0.229 e. The molecule has 0 aliphatic carbocycles. The predicted molar refractivity (Wildman–Crippen MR) is 87.2 cm³/mol. The van der Waals surface area contributed by atoms with Crippen molar-refractivity contribution in [1.29, 1.82) is 0 Å². The highest BCUT2D eigenvalue weighted by Crippen LogP contribution is 2.24. The minimum absolute atomic E-state index is 0.114. The van der Waals surface area contributed by atoms with Crippen LogP contribution >= 0.6 is 15.9 Å². The molecule has 0 unspecified atom stereocenters. The number of ketones is 1. The number of benzene rings is 2. The predicted octanol–water partition coefficient (Wildman–Crippen LogP) is 3.36. The number of hydrogen-bond acceptors (Lipinski definition) is 3. The van der Waals surface area contributed by atoms with Crippen molar-refractivity contribution < 1.29 is 13.2 Å². The van der Waals surface area contributed by atoms with E-state index in [-0.39, 0.29) is 5.78 Å². The molecule has 6 heteroatoms. The molecule has 0 amide bonds. The van der Waals surface area contributed by atoms with E-state index in [0.29, 0.717) is 16.8 Å². The van der Waals surface area contributed by atoms with Crippen LogP contribution in [0.4, 0.5) is 5.69 Å². The third-order valence-corrected chi connectivity index (χ3v) is 4.55. The second-order valence-corrected chi connectivity index (χ2v) is 7.26. The third-order valence-electron chi connectivity index (χ3n) is 2.89. The van der Waals surface area contributed by atoms with E-state index in [1.54, 1.807) is 30.3 Å². The normalized spacial score (nSPS) is 11.2. The Hall–Kier alpha value is -1.66. The SMILES string of the molecule is Cc1cccc(C(=O)c2ccc(NS(C)(=O)=O)cc2)c1Br. The molecule has 110 valence electrons. The van der Waals surface area contributed by atoms with Gasteiger partial charge in [-0.25, -0.2) is 8.42 Å². The molecule has 0 radical (unpaired) electrons. The van der Waals surface area contributed by atoms with Gasteiger partial charge in [-0.05, 0) is 58.7 Å². The number of carbonyl (C=O) groups excluding carboxylic acids is 1. The fourth-order valence-corrected chi connectivity index (χ4v) is 2.89. The standard InChI is InChI=1S/C15H14BrNO3S/c1-10-4-3-5-13(14(10)16)15(18)11-6-8-12(9-7-11)17-21(2,19)20/h3-9,17H,1-2H3. The zero-order valence-electron chi connectivity index (χ0n) is 11.6. The van der Waals surface area contributed by atoms with Crippen LogP contribution in [0.1, 0.15) is 21.5 Å². The molecule has 0 saturated heterocycles. The Morgan fingerprint density at radius 2 is 1.71 bits per heavy atom. The minimum Gasteiger partial charge on any atom is -0.289 e. The van der Waals surface area contributed by atoms with Gasteiger partial charge in [0.2, 0.25) is 10.0 Å². The highest BCUT2D eigenvalue weighted by Gasteiger charge is 2.13. The summed E-state index contributed by atoms with van der Waals surface area (Å²) >= 11 is 3.42. The maximum Gasteiger partial charge on any atom is 0.229 e. The van der Waals surface area contributed by atoms with Crippen LogP contribution in [0.15, 0.2) is 46.9 Å². The quantitative estimate of drug-likeness (QED) is 0.842. The lowest BCUT2D eigenvalue weighted by molar-refractivity contribution is 0.103. The van der Waals surface area contributed by atoms with E-state index in [4.69, 9.17) is 0 Å². The topological polar surface area (TPSA) is 63.2 Å². The van der Waals surface area contributed by atoms with Gasteiger partial charge in [0.15, 0.2) is 5.78 Å². The van der Waals surface area contributed by atoms with Gasteiger partial charge < -0.3 is 0 Å². The maximum absolute atomic E-state index is 12.4. The van der Waals surface area contributed by atoms with Gasteiger partial charge in [-0.2, -0.15) is 0 Å². The summed E-state index contributed by atoms with van der Waals surface area (Å²) in [6.07, 6.45) is 1.08. The van der Waals surface area contributed by atoms with E-state index in [1.165, 1.54) is 0 Å². The van der Waals surface area contributed by atoms with Crippen LogP contribution < -0.4 is 4.72 Å². The van der Waals surface area contributed by atoms with Crippen molar-refractivity contribution in [1.82, 2.24) is 0 Å². The van der Waals surface area contributed by atoms with Crippen molar-refractivity contribution in [3.8, 4) is 0 Å². The largest absolute Gasteiger partial charge is 0.289 e. The summed E-state index contributed by atoms with van der Waals surface area (Å²) in [5.41, 5.74) is 2.49. The molecule has 1 N–H and O–H groups in total. The Balaban J connectivity index is 2.30. The molecule has 4 nitrogen and oxygen atoms in total. The molecule has 0 atom stereocenters. The summed E-state index contributed by atoms with van der Waals surface area (Å²) in [6.45, 7) is 1.92. The van der Waals surface area contributed by atoms with Crippen LogP contribution in [0.3, 0.4) is 0 Å². The molecule has 0 aliphatic heterocycles.